The van der Waals surface area contributed by atoms with Gasteiger partial charge in [-0.25, -0.2) is 0 Å². The molecule has 17 heavy (non-hydrogen) atoms. The maximum absolute atomic E-state index is 11.5. The first kappa shape index (κ1) is 14.0. The number of nitrogens with one attached hydrogen (secondary N) is 1. The molecule has 1 rings (SSSR count). The third kappa shape index (κ3) is 4.00. The van der Waals surface area contributed by atoms with Crippen LogP contribution in [0.25, 0.3) is 0 Å². The van der Waals surface area contributed by atoms with Crippen LogP contribution < -0.4 is 5.32 Å². The summed E-state index contributed by atoms with van der Waals surface area (Å²) < 4.78 is 0. The standard InChI is InChI=1S/C12H22N2O3/c1-8(2)14-5-4-10(7-14)6-13-11(15)9(3)12(16)17/h8-10H,4-7H2,1-3H3,(H,13,15)(H,16,17). The lowest BCUT2D eigenvalue weighted by atomic mass is 10.1. The molecule has 5 heteroatoms. The van der Waals surface area contributed by atoms with Gasteiger partial charge in [0.1, 0.15) is 5.92 Å². The fourth-order valence-electron chi connectivity index (χ4n) is 2.01. The van der Waals surface area contributed by atoms with E-state index in [2.05, 4.69) is 24.1 Å². The highest BCUT2D eigenvalue weighted by Gasteiger charge is 2.26. The lowest BCUT2D eigenvalue weighted by molar-refractivity contribution is -0.146. The number of hydrogen-bond donors (Lipinski definition) is 2. The van der Waals surface area contributed by atoms with Gasteiger partial charge < -0.3 is 15.3 Å². The van der Waals surface area contributed by atoms with Crippen LogP contribution in [0.15, 0.2) is 0 Å². The Hall–Kier alpha value is -1.10. The van der Waals surface area contributed by atoms with Crippen LogP contribution in [0.1, 0.15) is 27.2 Å². The predicted octanol–water partition coefficient (Wildman–Crippen LogP) is 0.554. The number of amides is 1. The van der Waals surface area contributed by atoms with Gasteiger partial charge in [0.15, 0.2) is 0 Å². The molecule has 0 radical (unpaired) electrons. The number of hydrogen-bond acceptors (Lipinski definition) is 3. The summed E-state index contributed by atoms with van der Waals surface area (Å²) in [5, 5.41) is 11.4. The van der Waals surface area contributed by atoms with E-state index < -0.39 is 11.9 Å². The summed E-state index contributed by atoms with van der Waals surface area (Å²) in [6.07, 6.45) is 1.07. The largest absolute Gasteiger partial charge is 0.481 e. The highest BCUT2D eigenvalue weighted by Crippen LogP contribution is 2.17. The van der Waals surface area contributed by atoms with Crippen molar-refractivity contribution in [1.82, 2.24) is 10.2 Å². The molecule has 1 heterocycles. The number of rotatable bonds is 5. The molecule has 0 spiro atoms. The zero-order chi connectivity index (χ0) is 13.0. The Balaban J connectivity index is 2.28. The van der Waals surface area contributed by atoms with E-state index in [0.717, 1.165) is 19.5 Å². The Morgan fingerprint density at radius 3 is 2.53 bits per heavy atom. The van der Waals surface area contributed by atoms with Gasteiger partial charge in [-0.15, -0.1) is 0 Å². The van der Waals surface area contributed by atoms with E-state index >= 15 is 0 Å². The van der Waals surface area contributed by atoms with Crippen molar-refractivity contribution >= 4 is 11.9 Å². The van der Waals surface area contributed by atoms with Gasteiger partial charge in [-0.1, -0.05) is 0 Å². The lowest BCUT2D eigenvalue weighted by Gasteiger charge is -2.20. The van der Waals surface area contributed by atoms with E-state index in [0.29, 0.717) is 18.5 Å². The molecule has 1 saturated heterocycles. The van der Waals surface area contributed by atoms with Crippen LogP contribution in [0.2, 0.25) is 0 Å². The molecule has 1 fully saturated rings. The second-order valence-corrected chi connectivity index (χ2v) is 5.05. The molecule has 2 atom stereocenters. The average Bonchev–Trinajstić information content (AvgIpc) is 2.73. The maximum Gasteiger partial charge on any atom is 0.315 e. The quantitative estimate of drug-likeness (QED) is 0.691. The first-order valence-electron chi connectivity index (χ1n) is 6.16. The monoisotopic (exact) mass is 242 g/mol. The number of aliphatic carboxylic acids is 1. The van der Waals surface area contributed by atoms with E-state index in [1.165, 1.54) is 6.92 Å². The molecular weight excluding hydrogens is 220 g/mol. The zero-order valence-electron chi connectivity index (χ0n) is 10.8. The van der Waals surface area contributed by atoms with Crippen molar-refractivity contribution in [2.45, 2.75) is 33.2 Å². The fraction of sp³-hybridized carbons (Fsp3) is 0.833. The van der Waals surface area contributed by atoms with Gasteiger partial charge in [0.2, 0.25) is 5.91 Å². The number of nitrogens with zero attached hydrogens (tertiary/aromatic N) is 1. The van der Waals surface area contributed by atoms with Crippen molar-refractivity contribution in [3.8, 4) is 0 Å². The molecular formula is C12H22N2O3. The molecule has 0 aromatic carbocycles. The lowest BCUT2D eigenvalue weighted by Crippen LogP contribution is -2.37. The molecule has 0 aliphatic carbocycles. The minimum atomic E-state index is -1.07. The molecule has 0 saturated carbocycles. The summed E-state index contributed by atoms with van der Waals surface area (Å²) in [4.78, 5) is 24.4. The van der Waals surface area contributed by atoms with Gasteiger partial charge in [0, 0.05) is 19.1 Å². The van der Waals surface area contributed by atoms with E-state index in [1.807, 2.05) is 0 Å². The van der Waals surface area contributed by atoms with E-state index in [1.54, 1.807) is 0 Å². The zero-order valence-corrected chi connectivity index (χ0v) is 10.8. The van der Waals surface area contributed by atoms with E-state index in [9.17, 15) is 9.59 Å². The third-order valence-electron chi connectivity index (χ3n) is 3.38. The van der Waals surface area contributed by atoms with Crippen molar-refractivity contribution in [2.24, 2.45) is 11.8 Å². The number of carboxylic acid groups (broad SMARTS) is 1. The second kappa shape index (κ2) is 6.00. The highest BCUT2D eigenvalue weighted by atomic mass is 16.4. The molecule has 2 N–H and O–H groups in total. The Bertz CT molecular complexity index is 291. The fourth-order valence-corrected chi connectivity index (χ4v) is 2.01. The smallest absolute Gasteiger partial charge is 0.315 e. The van der Waals surface area contributed by atoms with Crippen molar-refractivity contribution < 1.29 is 14.7 Å². The van der Waals surface area contributed by atoms with Crippen molar-refractivity contribution in [3.05, 3.63) is 0 Å². The molecule has 2 unspecified atom stereocenters. The highest BCUT2D eigenvalue weighted by molar-refractivity contribution is 5.96. The second-order valence-electron chi connectivity index (χ2n) is 5.05. The molecule has 1 aliphatic rings. The van der Waals surface area contributed by atoms with Crippen LogP contribution >= 0.6 is 0 Å². The number of carbonyl (C=O) groups is 2. The summed E-state index contributed by atoms with van der Waals surface area (Å²) in [7, 11) is 0. The first-order chi connectivity index (χ1) is 7.91. The molecule has 0 aromatic heterocycles. The Labute approximate surface area is 102 Å². The van der Waals surface area contributed by atoms with Crippen molar-refractivity contribution in [1.29, 1.82) is 0 Å². The van der Waals surface area contributed by atoms with Crippen molar-refractivity contribution in [3.63, 3.8) is 0 Å². The SMILES string of the molecule is CC(C(=O)O)C(=O)NCC1CCN(C(C)C)C1. The maximum atomic E-state index is 11.5. The van der Waals surface area contributed by atoms with Gasteiger partial charge in [-0.3, -0.25) is 9.59 Å². The first-order valence-corrected chi connectivity index (χ1v) is 6.16. The number of likely N-dealkylation sites (tertiary alicyclic amines) is 1. The van der Waals surface area contributed by atoms with Crippen LogP contribution in [0.5, 0.6) is 0 Å². The van der Waals surface area contributed by atoms with Crippen LogP contribution in [0.3, 0.4) is 0 Å². The van der Waals surface area contributed by atoms with Gasteiger partial charge in [0.25, 0.3) is 0 Å². The number of carboxylic acids is 1. The van der Waals surface area contributed by atoms with Gasteiger partial charge in [0.05, 0.1) is 0 Å². The average molecular weight is 242 g/mol. The molecule has 98 valence electrons. The minimum Gasteiger partial charge on any atom is -0.481 e. The number of carbonyl (C=O) groups excluding carboxylic acids is 1. The molecule has 0 aromatic rings. The van der Waals surface area contributed by atoms with Crippen LogP contribution in [0.4, 0.5) is 0 Å². The van der Waals surface area contributed by atoms with Gasteiger partial charge >= 0.3 is 5.97 Å². The van der Waals surface area contributed by atoms with Crippen molar-refractivity contribution in [2.75, 3.05) is 19.6 Å². The van der Waals surface area contributed by atoms with E-state index in [4.69, 9.17) is 5.11 Å². The topological polar surface area (TPSA) is 69.6 Å². The van der Waals surface area contributed by atoms with E-state index in [-0.39, 0.29) is 5.91 Å². The minimum absolute atomic E-state index is 0.388. The van der Waals surface area contributed by atoms with Gasteiger partial charge in [-0.05, 0) is 39.7 Å². The van der Waals surface area contributed by atoms with Crippen LogP contribution in [0, 0.1) is 11.8 Å². The Morgan fingerprint density at radius 2 is 2.06 bits per heavy atom. The molecule has 5 nitrogen and oxygen atoms in total. The molecule has 0 bridgehead atoms. The summed E-state index contributed by atoms with van der Waals surface area (Å²) in [5.41, 5.74) is 0. The summed E-state index contributed by atoms with van der Waals surface area (Å²) >= 11 is 0. The predicted molar refractivity (Wildman–Crippen MR) is 64.6 cm³/mol. The van der Waals surface area contributed by atoms with Gasteiger partial charge in [-0.2, -0.15) is 0 Å². The Morgan fingerprint density at radius 1 is 1.41 bits per heavy atom. The molecule has 1 amide bonds. The summed E-state index contributed by atoms with van der Waals surface area (Å²) in [5.74, 6) is -1.97. The van der Waals surface area contributed by atoms with Crippen LogP contribution in [-0.4, -0.2) is 47.6 Å². The summed E-state index contributed by atoms with van der Waals surface area (Å²) in [6, 6.07) is 0.536. The normalized spacial score (nSPS) is 22.7. The summed E-state index contributed by atoms with van der Waals surface area (Å²) in [6.45, 7) is 8.36. The molecule has 1 aliphatic heterocycles. The Kier molecular flexibility index (Phi) is 4.93. The van der Waals surface area contributed by atoms with Crippen LogP contribution in [-0.2, 0) is 9.59 Å². The third-order valence-corrected chi connectivity index (χ3v) is 3.38.